The van der Waals surface area contributed by atoms with E-state index >= 15 is 0 Å². The zero-order chi connectivity index (χ0) is 14.4. The molecule has 1 atom stereocenters. The van der Waals surface area contributed by atoms with Gasteiger partial charge in [-0.05, 0) is 58.3 Å². The number of phenolic OH excluding ortho intramolecular Hbond substituents is 1. The molecule has 0 aromatic heterocycles. The smallest absolute Gasteiger partial charge is 0.122 e. The number of hydrogen-bond acceptors (Lipinski definition) is 3. The fraction of sp³-hybridized carbons (Fsp3) is 0.647. The van der Waals surface area contributed by atoms with Gasteiger partial charge in [0.1, 0.15) is 5.75 Å². The van der Waals surface area contributed by atoms with Gasteiger partial charge < -0.3 is 15.3 Å². The molecule has 0 radical (unpaired) electrons. The van der Waals surface area contributed by atoms with Crippen LogP contribution in [0.25, 0.3) is 0 Å². The molecule has 0 saturated carbocycles. The maximum atomic E-state index is 9.94. The van der Waals surface area contributed by atoms with Gasteiger partial charge in [0, 0.05) is 18.2 Å². The van der Waals surface area contributed by atoms with Gasteiger partial charge in [0.05, 0.1) is 0 Å². The van der Waals surface area contributed by atoms with Gasteiger partial charge >= 0.3 is 0 Å². The second kappa shape index (κ2) is 7.65. The van der Waals surface area contributed by atoms with E-state index in [0.717, 1.165) is 30.3 Å². The Bertz CT molecular complexity index is 419. The van der Waals surface area contributed by atoms with Crippen LogP contribution < -0.4 is 5.32 Å². The minimum absolute atomic E-state index is 0.435. The molecule has 1 saturated heterocycles. The van der Waals surface area contributed by atoms with Crippen LogP contribution in [0, 0.1) is 6.92 Å². The van der Waals surface area contributed by atoms with Gasteiger partial charge in [0.25, 0.3) is 0 Å². The van der Waals surface area contributed by atoms with Crippen molar-refractivity contribution in [1.82, 2.24) is 10.2 Å². The first-order valence-electron chi connectivity index (χ1n) is 7.90. The number of hydrogen-bond donors (Lipinski definition) is 2. The molecule has 1 fully saturated rings. The van der Waals surface area contributed by atoms with E-state index in [1.807, 2.05) is 25.1 Å². The van der Waals surface area contributed by atoms with Gasteiger partial charge in [-0.1, -0.05) is 24.6 Å². The van der Waals surface area contributed by atoms with Crippen molar-refractivity contribution < 1.29 is 5.11 Å². The van der Waals surface area contributed by atoms with Crippen molar-refractivity contribution >= 4 is 0 Å². The summed E-state index contributed by atoms with van der Waals surface area (Å²) in [4.78, 5) is 2.61. The van der Waals surface area contributed by atoms with Gasteiger partial charge in [-0.2, -0.15) is 0 Å². The van der Waals surface area contributed by atoms with E-state index < -0.39 is 0 Å². The number of nitrogens with one attached hydrogen (secondary N) is 1. The molecule has 1 aliphatic rings. The summed E-state index contributed by atoms with van der Waals surface area (Å²) in [5.74, 6) is 0.435. The molecular weight excluding hydrogens is 248 g/mol. The minimum Gasteiger partial charge on any atom is -0.507 e. The average molecular weight is 276 g/mol. The van der Waals surface area contributed by atoms with Crippen LogP contribution in [0.2, 0.25) is 0 Å². The molecule has 20 heavy (non-hydrogen) atoms. The Balaban J connectivity index is 1.65. The number of likely N-dealkylation sites (tertiary alicyclic amines) is 1. The first-order chi connectivity index (χ1) is 9.68. The molecule has 3 heteroatoms. The highest BCUT2D eigenvalue weighted by atomic mass is 16.3. The Morgan fingerprint density at radius 2 is 2.20 bits per heavy atom. The summed E-state index contributed by atoms with van der Waals surface area (Å²) >= 11 is 0. The molecule has 2 N–H and O–H groups in total. The van der Waals surface area contributed by atoms with Gasteiger partial charge in [0.15, 0.2) is 0 Å². The number of aryl methyl sites for hydroxylation is 1. The van der Waals surface area contributed by atoms with Gasteiger partial charge in [-0.15, -0.1) is 0 Å². The molecule has 1 unspecified atom stereocenters. The molecule has 0 bridgehead atoms. The average Bonchev–Trinajstić information content (AvgIpc) is 2.45. The van der Waals surface area contributed by atoms with Crippen LogP contribution in [0.1, 0.15) is 43.7 Å². The monoisotopic (exact) mass is 276 g/mol. The van der Waals surface area contributed by atoms with E-state index in [0.29, 0.717) is 5.75 Å². The molecule has 0 amide bonds. The van der Waals surface area contributed by atoms with E-state index in [-0.39, 0.29) is 0 Å². The summed E-state index contributed by atoms with van der Waals surface area (Å²) in [6.07, 6.45) is 5.28. The van der Waals surface area contributed by atoms with Crippen molar-refractivity contribution in [3.63, 3.8) is 0 Å². The van der Waals surface area contributed by atoms with E-state index in [2.05, 4.69) is 17.1 Å². The molecule has 3 nitrogen and oxygen atoms in total. The number of piperidine rings is 1. The van der Waals surface area contributed by atoms with E-state index in [9.17, 15) is 5.11 Å². The lowest BCUT2D eigenvalue weighted by Gasteiger charge is -2.33. The molecule has 1 aromatic carbocycles. The van der Waals surface area contributed by atoms with Gasteiger partial charge in [0.2, 0.25) is 0 Å². The lowest BCUT2D eigenvalue weighted by atomic mass is 10.0. The number of para-hydroxylation sites is 1. The SMILES string of the molecule is Cc1cccc(CNCCCN2CCCCC2C)c1O. The van der Waals surface area contributed by atoms with E-state index in [1.54, 1.807) is 0 Å². The first kappa shape index (κ1) is 15.3. The second-order valence-electron chi connectivity index (χ2n) is 5.99. The molecular formula is C17H28N2O. The van der Waals surface area contributed by atoms with Crippen LogP contribution in [0.15, 0.2) is 18.2 Å². The number of nitrogens with zero attached hydrogens (tertiary/aromatic N) is 1. The van der Waals surface area contributed by atoms with Crippen LogP contribution >= 0.6 is 0 Å². The van der Waals surface area contributed by atoms with Crippen molar-refractivity contribution in [1.29, 1.82) is 0 Å². The molecule has 1 aliphatic heterocycles. The summed E-state index contributed by atoms with van der Waals surface area (Å²) in [6, 6.07) is 6.68. The fourth-order valence-electron chi connectivity index (χ4n) is 2.98. The Morgan fingerprint density at radius 3 is 3.00 bits per heavy atom. The van der Waals surface area contributed by atoms with Crippen LogP contribution in [0.3, 0.4) is 0 Å². The van der Waals surface area contributed by atoms with Crippen molar-refractivity contribution in [3.8, 4) is 5.75 Å². The molecule has 112 valence electrons. The highest BCUT2D eigenvalue weighted by molar-refractivity contribution is 5.39. The Hall–Kier alpha value is -1.06. The zero-order valence-electron chi connectivity index (χ0n) is 12.9. The van der Waals surface area contributed by atoms with Crippen LogP contribution in [-0.4, -0.2) is 35.7 Å². The first-order valence-corrected chi connectivity index (χ1v) is 7.90. The number of phenols is 1. The minimum atomic E-state index is 0.435. The maximum absolute atomic E-state index is 9.94. The third kappa shape index (κ3) is 4.22. The van der Waals surface area contributed by atoms with Gasteiger partial charge in [-0.3, -0.25) is 0 Å². The quantitative estimate of drug-likeness (QED) is 0.784. The summed E-state index contributed by atoms with van der Waals surface area (Å²) < 4.78 is 0. The van der Waals surface area contributed by atoms with Crippen molar-refractivity contribution in [2.24, 2.45) is 0 Å². The van der Waals surface area contributed by atoms with Gasteiger partial charge in [-0.25, -0.2) is 0 Å². The number of benzene rings is 1. The molecule has 1 heterocycles. The Morgan fingerprint density at radius 1 is 1.35 bits per heavy atom. The highest BCUT2D eigenvalue weighted by Crippen LogP contribution is 2.21. The fourth-order valence-corrected chi connectivity index (χ4v) is 2.98. The lowest BCUT2D eigenvalue weighted by molar-refractivity contribution is 0.159. The third-order valence-electron chi connectivity index (χ3n) is 4.38. The maximum Gasteiger partial charge on any atom is 0.122 e. The summed E-state index contributed by atoms with van der Waals surface area (Å²) in [5.41, 5.74) is 1.95. The molecule has 2 rings (SSSR count). The number of aromatic hydroxyl groups is 1. The predicted octanol–water partition coefficient (Wildman–Crippen LogP) is 3.05. The lowest BCUT2D eigenvalue weighted by Crippen LogP contribution is -2.38. The van der Waals surface area contributed by atoms with E-state index in [4.69, 9.17) is 0 Å². The van der Waals surface area contributed by atoms with Crippen molar-refractivity contribution in [2.75, 3.05) is 19.6 Å². The molecule has 1 aromatic rings. The normalized spacial score (nSPS) is 20.2. The van der Waals surface area contributed by atoms with Crippen LogP contribution in [-0.2, 0) is 6.54 Å². The van der Waals surface area contributed by atoms with Crippen molar-refractivity contribution in [3.05, 3.63) is 29.3 Å². The standard InChI is InChI=1S/C17H28N2O/c1-14-7-5-9-16(17(14)20)13-18-10-6-12-19-11-4-3-8-15(19)2/h5,7,9,15,18,20H,3-4,6,8,10-13H2,1-2H3. The largest absolute Gasteiger partial charge is 0.507 e. The second-order valence-corrected chi connectivity index (χ2v) is 5.99. The van der Waals surface area contributed by atoms with E-state index in [1.165, 1.54) is 38.8 Å². The molecule has 0 spiro atoms. The number of rotatable bonds is 6. The van der Waals surface area contributed by atoms with Crippen LogP contribution in [0.4, 0.5) is 0 Å². The van der Waals surface area contributed by atoms with Crippen molar-refractivity contribution in [2.45, 2.75) is 52.1 Å². The Labute approximate surface area is 123 Å². The highest BCUT2D eigenvalue weighted by Gasteiger charge is 2.16. The Kier molecular flexibility index (Phi) is 5.86. The summed E-state index contributed by atoms with van der Waals surface area (Å²) in [5, 5.41) is 13.4. The topological polar surface area (TPSA) is 35.5 Å². The van der Waals surface area contributed by atoms with Crippen LogP contribution in [0.5, 0.6) is 5.75 Å². The molecule has 0 aliphatic carbocycles. The summed E-state index contributed by atoms with van der Waals surface area (Å²) in [6.45, 7) is 8.50. The zero-order valence-corrected chi connectivity index (χ0v) is 12.9. The third-order valence-corrected chi connectivity index (χ3v) is 4.38. The summed E-state index contributed by atoms with van der Waals surface area (Å²) in [7, 11) is 0. The predicted molar refractivity (Wildman–Crippen MR) is 84.1 cm³/mol.